The van der Waals surface area contributed by atoms with Gasteiger partial charge in [-0.2, -0.15) is 0 Å². The molecular weight excluding hydrogens is 206 g/mol. The van der Waals surface area contributed by atoms with Gasteiger partial charge < -0.3 is 15.2 Å². The van der Waals surface area contributed by atoms with Crippen molar-refractivity contribution in [2.24, 2.45) is 5.92 Å². The summed E-state index contributed by atoms with van der Waals surface area (Å²) in [6.45, 7) is 5.58. The molecule has 1 unspecified atom stereocenters. The molecule has 1 aliphatic rings. The molecule has 0 aliphatic heterocycles. The minimum atomic E-state index is -0.638. The van der Waals surface area contributed by atoms with Crippen molar-refractivity contribution in [1.82, 2.24) is 5.32 Å². The summed E-state index contributed by atoms with van der Waals surface area (Å²) in [5.74, 6) is -0.763. The molecule has 2 N–H and O–H groups in total. The average molecular weight is 229 g/mol. The third kappa shape index (κ3) is 4.49. The summed E-state index contributed by atoms with van der Waals surface area (Å²) in [5, 5.41) is 12.4. The van der Waals surface area contributed by atoms with Crippen LogP contribution in [0.15, 0.2) is 0 Å². The minimum absolute atomic E-state index is 0.125. The molecule has 4 nitrogen and oxygen atoms in total. The lowest BCUT2D eigenvalue weighted by molar-refractivity contribution is -0.142. The predicted octanol–water partition coefficient (Wildman–Crippen LogP) is 1.64. The summed E-state index contributed by atoms with van der Waals surface area (Å²) in [7, 11) is 0. The maximum absolute atomic E-state index is 10.8. The molecule has 0 spiro atoms. The predicted molar refractivity (Wildman–Crippen MR) is 62.5 cm³/mol. The van der Waals surface area contributed by atoms with Gasteiger partial charge in [-0.05, 0) is 39.5 Å². The lowest BCUT2D eigenvalue weighted by Crippen LogP contribution is -2.42. The van der Waals surface area contributed by atoms with E-state index in [0.29, 0.717) is 12.1 Å². The van der Waals surface area contributed by atoms with Crippen LogP contribution in [0.1, 0.15) is 39.5 Å². The van der Waals surface area contributed by atoms with Crippen LogP contribution in [0.2, 0.25) is 0 Å². The first-order chi connectivity index (χ1) is 7.63. The van der Waals surface area contributed by atoms with E-state index >= 15 is 0 Å². The SMILES string of the molecule is CCOCC(C)NC1CCC(C(=O)O)CC1. The first kappa shape index (κ1) is 13.5. The van der Waals surface area contributed by atoms with E-state index in [0.717, 1.165) is 38.9 Å². The number of carboxylic acids is 1. The summed E-state index contributed by atoms with van der Waals surface area (Å²) >= 11 is 0. The fourth-order valence-electron chi connectivity index (χ4n) is 2.25. The van der Waals surface area contributed by atoms with Gasteiger partial charge in [-0.25, -0.2) is 0 Å². The van der Waals surface area contributed by atoms with Gasteiger partial charge in [0.2, 0.25) is 0 Å². The van der Waals surface area contributed by atoms with Crippen LogP contribution in [-0.2, 0) is 9.53 Å². The lowest BCUT2D eigenvalue weighted by atomic mass is 9.86. The Morgan fingerprint density at radius 1 is 1.44 bits per heavy atom. The number of hydrogen-bond acceptors (Lipinski definition) is 3. The molecule has 0 aromatic carbocycles. The molecule has 0 aromatic heterocycles. The highest BCUT2D eigenvalue weighted by molar-refractivity contribution is 5.70. The molecule has 1 aliphatic carbocycles. The molecule has 0 radical (unpaired) electrons. The van der Waals surface area contributed by atoms with E-state index in [4.69, 9.17) is 9.84 Å². The first-order valence-electron chi connectivity index (χ1n) is 6.20. The van der Waals surface area contributed by atoms with Gasteiger partial charge in [-0.15, -0.1) is 0 Å². The molecule has 0 amide bonds. The third-order valence-electron chi connectivity index (χ3n) is 3.17. The molecule has 0 aromatic rings. The van der Waals surface area contributed by atoms with Crippen LogP contribution in [-0.4, -0.2) is 36.4 Å². The maximum atomic E-state index is 10.8. The largest absolute Gasteiger partial charge is 0.481 e. The molecule has 4 heteroatoms. The molecule has 0 bridgehead atoms. The van der Waals surface area contributed by atoms with Crippen molar-refractivity contribution >= 4 is 5.97 Å². The van der Waals surface area contributed by atoms with E-state index in [9.17, 15) is 4.79 Å². The fraction of sp³-hybridized carbons (Fsp3) is 0.917. The van der Waals surface area contributed by atoms with Crippen LogP contribution in [0.4, 0.5) is 0 Å². The van der Waals surface area contributed by atoms with Crippen LogP contribution in [0.25, 0.3) is 0 Å². The van der Waals surface area contributed by atoms with E-state index in [1.807, 2.05) is 6.92 Å². The van der Waals surface area contributed by atoms with Crippen molar-refractivity contribution in [1.29, 1.82) is 0 Å². The Hall–Kier alpha value is -0.610. The Labute approximate surface area is 97.4 Å². The number of carboxylic acid groups (broad SMARTS) is 1. The monoisotopic (exact) mass is 229 g/mol. The second kappa shape index (κ2) is 6.86. The Balaban J connectivity index is 2.18. The van der Waals surface area contributed by atoms with E-state index in [2.05, 4.69) is 12.2 Å². The van der Waals surface area contributed by atoms with Crippen LogP contribution < -0.4 is 5.32 Å². The molecule has 1 fully saturated rings. The van der Waals surface area contributed by atoms with Gasteiger partial charge in [0.05, 0.1) is 12.5 Å². The van der Waals surface area contributed by atoms with Crippen molar-refractivity contribution in [3.63, 3.8) is 0 Å². The molecule has 94 valence electrons. The second-order valence-electron chi connectivity index (χ2n) is 4.61. The van der Waals surface area contributed by atoms with Crippen LogP contribution in [0.5, 0.6) is 0 Å². The lowest BCUT2D eigenvalue weighted by Gasteiger charge is -2.29. The molecule has 1 rings (SSSR count). The standard InChI is InChI=1S/C12H23NO3/c1-3-16-8-9(2)13-11-6-4-10(5-7-11)12(14)15/h9-11,13H,3-8H2,1-2H3,(H,14,15). The van der Waals surface area contributed by atoms with E-state index in [-0.39, 0.29) is 5.92 Å². The fourth-order valence-corrected chi connectivity index (χ4v) is 2.25. The molecule has 1 saturated carbocycles. The minimum Gasteiger partial charge on any atom is -0.481 e. The Morgan fingerprint density at radius 2 is 2.06 bits per heavy atom. The van der Waals surface area contributed by atoms with E-state index < -0.39 is 5.97 Å². The zero-order valence-electron chi connectivity index (χ0n) is 10.2. The second-order valence-corrected chi connectivity index (χ2v) is 4.61. The third-order valence-corrected chi connectivity index (χ3v) is 3.17. The van der Waals surface area contributed by atoms with E-state index in [1.54, 1.807) is 0 Å². The number of rotatable bonds is 6. The highest BCUT2D eigenvalue weighted by Crippen LogP contribution is 2.24. The quantitative estimate of drug-likeness (QED) is 0.727. The Bertz CT molecular complexity index is 212. The van der Waals surface area contributed by atoms with Gasteiger partial charge in [0.15, 0.2) is 0 Å². The van der Waals surface area contributed by atoms with Crippen LogP contribution >= 0.6 is 0 Å². The van der Waals surface area contributed by atoms with Crippen molar-refractivity contribution < 1.29 is 14.6 Å². The van der Waals surface area contributed by atoms with Gasteiger partial charge in [0.1, 0.15) is 0 Å². The summed E-state index contributed by atoms with van der Waals surface area (Å²) < 4.78 is 5.34. The normalized spacial score (nSPS) is 27.6. The number of aliphatic carboxylic acids is 1. The molecular formula is C12H23NO3. The number of ether oxygens (including phenoxy) is 1. The van der Waals surface area contributed by atoms with Gasteiger partial charge in [-0.1, -0.05) is 0 Å². The van der Waals surface area contributed by atoms with Gasteiger partial charge in [0.25, 0.3) is 0 Å². The topological polar surface area (TPSA) is 58.6 Å². The highest BCUT2D eigenvalue weighted by Gasteiger charge is 2.26. The summed E-state index contributed by atoms with van der Waals surface area (Å²) in [6.07, 6.45) is 3.53. The Kier molecular flexibility index (Phi) is 5.77. The van der Waals surface area contributed by atoms with Gasteiger partial charge in [-0.3, -0.25) is 4.79 Å². The number of nitrogens with one attached hydrogen (secondary N) is 1. The van der Waals surface area contributed by atoms with Crippen molar-refractivity contribution in [2.75, 3.05) is 13.2 Å². The molecule has 0 saturated heterocycles. The molecule has 16 heavy (non-hydrogen) atoms. The zero-order valence-corrected chi connectivity index (χ0v) is 10.2. The maximum Gasteiger partial charge on any atom is 0.306 e. The number of hydrogen-bond donors (Lipinski definition) is 2. The summed E-state index contributed by atoms with van der Waals surface area (Å²) in [5.41, 5.74) is 0. The van der Waals surface area contributed by atoms with Crippen molar-refractivity contribution in [3.05, 3.63) is 0 Å². The van der Waals surface area contributed by atoms with Gasteiger partial charge in [0, 0.05) is 18.7 Å². The molecule has 1 atom stereocenters. The van der Waals surface area contributed by atoms with E-state index in [1.165, 1.54) is 0 Å². The Morgan fingerprint density at radius 3 is 2.56 bits per heavy atom. The van der Waals surface area contributed by atoms with Crippen LogP contribution in [0.3, 0.4) is 0 Å². The smallest absolute Gasteiger partial charge is 0.306 e. The zero-order chi connectivity index (χ0) is 12.0. The number of carbonyl (C=O) groups is 1. The highest BCUT2D eigenvalue weighted by atomic mass is 16.5. The summed E-state index contributed by atoms with van der Waals surface area (Å²) in [6, 6.07) is 0.817. The van der Waals surface area contributed by atoms with Gasteiger partial charge >= 0.3 is 5.97 Å². The van der Waals surface area contributed by atoms with Crippen molar-refractivity contribution in [3.8, 4) is 0 Å². The molecule has 0 heterocycles. The van der Waals surface area contributed by atoms with Crippen molar-refractivity contribution in [2.45, 2.75) is 51.6 Å². The van der Waals surface area contributed by atoms with Crippen LogP contribution in [0, 0.1) is 5.92 Å². The summed E-state index contributed by atoms with van der Waals surface area (Å²) in [4.78, 5) is 10.8. The first-order valence-corrected chi connectivity index (χ1v) is 6.20. The average Bonchev–Trinajstić information content (AvgIpc) is 2.27.